The highest BCUT2D eigenvalue weighted by Crippen LogP contribution is 2.22. The molecule has 0 amide bonds. The van der Waals surface area contributed by atoms with E-state index in [-0.39, 0.29) is 22.6 Å². The predicted molar refractivity (Wildman–Crippen MR) is 59.7 cm³/mol. The number of ether oxygens (including phenoxy) is 1. The quantitative estimate of drug-likeness (QED) is 0.768. The van der Waals surface area contributed by atoms with Gasteiger partial charge < -0.3 is 10.5 Å². The minimum absolute atomic E-state index is 0.0450. The molecule has 4 heteroatoms. The van der Waals surface area contributed by atoms with E-state index < -0.39 is 10.8 Å². The van der Waals surface area contributed by atoms with Crippen molar-refractivity contribution >= 4 is 10.8 Å². The highest BCUT2D eigenvalue weighted by atomic mass is 32.2. The molecule has 0 radical (unpaired) electrons. The third kappa shape index (κ3) is 2.55. The van der Waals surface area contributed by atoms with Gasteiger partial charge in [0.2, 0.25) is 0 Å². The Labute approximate surface area is 88.8 Å². The van der Waals surface area contributed by atoms with E-state index in [1.165, 1.54) is 0 Å². The number of hydrogen-bond donors (Lipinski definition) is 1. The summed E-state index contributed by atoms with van der Waals surface area (Å²) in [7, 11) is -0.850. The molecule has 14 heavy (non-hydrogen) atoms. The molecule has 1 heterocycles. The van der Waals surface area contributed by atoms with E-state index in [0.29, 0.717) is 0 Å². The van der Waals surface area contributed by atoms with Crippen molar-refractivity contribution in [1.29, 1.82) is 0 Å². The maximum absolute atomic E-state index is 12.1. The van der Waals surface area contributed by atoms with Crippen LogP contribution in [-0.2, 0) is 15.5 Å². The second-order valence-electron chi connectivity index (χ2n) is 4.01. The van der Waals surface area contributed by atoms with Crippen molar-refractivity contribution in [3.8, 4) is 0 Å². The first kappa shape index (κ1) is 12.1. The summed E-state index contributed by atoms with van der Waals surface area (Å²) in [6.07, 6.45) is 1.92. The van der Waals surface area contributed by atoms with Crippen molar-refractivity contribution < 1.29 is 8.95 Å². The van der Waals surface area contributed by atoms with Crippen LogP contribution in [0.3, 0.4) is 0 Å². The first-order valence-corrected chi connectivity index (χ1v) is 6.62. The lowest BCUT2D eigenvalue weighted by atomic mass is 10.2. The summed E-state index contributed by atoms with van der Waals surface area (Å²) in [5, 5.41) is 0.261. The van der Waals surface area contributed by atoms with Gasteiger partial charge in [0.25, 0.3) is 0 Å². The first-order chi connectivity index (χ1) is 6.57. The molecule has 84 valence electrons. The highest BCUT2D eigenvalue weighted by molar-refractivity contribution is 7.86. The average Bonchev–Trinajstić information content (AvgIpc) is 2.61. The molecule has 0 aromatic rings. The molecule has 0 aliphatic carbocycles. The van der Waals surface area contributed by atoms with Gasteiger partial charge in [-0.25, -0.2) is 0 Å². The molecule has 0 bridgehead atoms. The molecular weight excluding hydrogens is 198 g/mol. The van der Waals surface area contributed by atoms with Gasteiger partial charge in [-0.05, 0) is 26.7 Å². The second kappa shape index (κ2) is 5.24. The van der Waals surface area contributed by atoms with Crippen molar-refractivity contribution in [2.45, 2.75) is 56.3 Å². The largest absolute Gasteiger partial charge is 0.377 e. The molecule has 0 saturated carbocycles. The van der Waals surface area contributed by atoms with Crippen molar-refractivity contribution in [3.05, 3.63) is 0 Å². The van der Waals surface area contributed by atoms with Crippen LogP contribution in [0.4, 0.5) is 0 Å². The lowest BCUT2D eigenvalue weighted by Crippen LogP contribution is -2.40. The molecule has 1 aliphatic rings. The van der Waals surface area contributed by atoms with Gasteiger partial charge in [-0.2, -0.15) is 0 Å². The Morgan fingerprint density at radius 3 is 2.71 bits per heavy atom. The fourth-order valence-corrected chi connectivity index (χ4v) is 3.67. The summed E-state index contributed by atoms with van der Waals surface area (Å²) in [6, 6.07) is 0.0450. The normalized spacial score (nSPS) is 34.0. The second-order valence-corrected chi connectivity index (χ2v) is 6.01. The van der Waals surface area contributed by atoms with Crippen LogP contribution >= 0.6 is 0 Å². The van der Waals surface area contributed by atoms with Gasteiger partial charge >= 0.3 is 0 Å². The van der Waals surface area contributed by atoms with E-state index in [2.05, 4.69) is 0 Å². The SMILES string of the molecule is CCC(N)C(C)S(=O)C1CCOC1C. The van der Waals surface area contributed by atoms with Crippen molar-refractivity contribution in [3.63, 3.8) is 0 Å². The molecule has 1 fully saturated rings. The number of rotatable bonds is 4. The molecular formula is C10H21NO2S. The molecule has 1 saturated heterocycles. The van der Waals surface area contributed by atoms with E-state index in [4.69, 9.17) is 10.5 Å². The standard InChI is InChI=1S/C10H21NO2S/c1-4-9(11)8(3)14(12)10-5-6-13-7(10)2/h7-10H,4-6,11H2,1-3H3. The third-order valence-electron chi connectivity index (χ3n) is 3.05. The lowest BCUT2D eigenvalue weighted by molar-refractivity contribution is 0.126. The van der Waals surface area contributed by atoms with Crippen molar-refractivity contribution in [1.82, 2.24) is 0 Å². The minimum Gasteiger partial charge on any atom is -0.377 e. The van der Waals surface area contributed by atoms with Crippen LogP contribution in [0.25, 0.3) is 0 Å². The summed E-state index contributed by atoms with van der Waals surface area (Å²) < 4.78 is 17.5. The Bertz CT molecular complexity index is 210. The molecule has 0 spiro atoms. The van der Waals surface area contributed by atoms with E-state index in [1.807, 2.05) is 20.8 Å². The fourth-order valence-electron chi connectivity index (χ4n) is 1.80. The Balaban J connectivity index is 2.55. The summed E-state index contributed by atoms with van der Waals surface area (Å²) in [6.45, 7) is 6.76. The molecule has 5 atom stereocenters. The zero-order chi connectivity index (χ0) is 10.7. The molecule has 5 unspecified atom stereocenters. The first-order valence-electron chi connectivity index (χ1n) is 5.34. The molecule has 2 N–H and O–H groups in total. The molecule has 1 rings (SSSR count). The van der Waals surface area contributed by atoms with Crippen molar-refractivity contribution in [2.75, 3.05) is 6.61 Å². The smallest absolute Gasteiger partial charge is 0.0691 e. The molecule has 1 aliphatic heterocycles. The molecule has 0 aromatic heterocycles. The van der Waals surface area contributed by atoms with E-state index in [1.54, 1.807) is 0 Å². The van der Waals surface area contributed by atoms with Crippen LogP contribution < -0.4 is 5.73 Å². The van der Waals surface area contributed by atoms with Crippen LogP contribution in [0, 0.1) is 0 Å². The molecule has 3 nitrogen and oxygen atoms in total. The van der Waals surface area contributed by atoms with E-state index >= 15 is 0 Å². The topological polar surface area (TPSA) is 52.3 Å². The van der Waals surface area contributed by atoms with Gasteiger partial charge in [0, 0.05) is 28.7 Å². The monoisotopic (exact) mass is 219 g/mol. The van der Waals surface area contributed by atoms with E-state index in [9.17, 15) is 4.21 Å². The summed E-state index contributed by atoms with van der Waals surface area (Å²) in [5.74, 6) is 0. The van der Waals surface area contributed by atoms with Gasteiger partial charge in [-0.15, -0.1) is 0 Å². The zero-order valence-electron chi connectivity index (χ0n) is 9.23. The minimum atomic E-state index is -0.850. The number of nitrogens with two attached hydrogens (primary N) is 1. The summed E-state index contributed by atoms with van der Waals surface area (Å²) in [5.41, 5.74) is 5.90. The van der Waals surface area contributed by atoms with Gasteiger partial charge in [0.15, 0.2) is 0 Å². The van der Waals surface area contributed by atoms with Gasteiger partial charge in [0.05, 0.1) is 11.4 Å². The highest BCUT2D eigenvalue weighted by Gasteiger charge is 2.33. The predicted octanol–water partition coefficient (Wildman–Crippen LogP) is 1.04. The zero-order valence-corrected chi connectivity index (χ0v) is 10.0. The number of hydrogen-bond acceptors (Lipinski definition) is 3. The van der Waals surface area contributed by atoms with Gasteiger partial charge in [-0.1, -0.05) is 6.92 Å². The molecule has 0 aromatic carbocycles. The third-order valence-corrected chi connectivity index (χ3v) is 5.34. The lowest BCUT2D eigenvalue weighted by Gasteiger charge is -2.23. The Kier molecular flexibility index (Phi) is 4.54. The van der Waals surface area contributed by atoms with Crippen LogP contribution in [0.1, 0.15) is 33.6 Å². The van der Waals surface area contributed by atoms with Crippen LogP contribution in [-0.4, -0.2) is 33.5 Å². The van der Waals surface area contributed by atoms with Crippen molar-refractivity contribution in [2.24, 2.45) is 5.73 Å². The fraction of sp³-hybridized carbons (Fsp3) is 1.00. The maximum Gasteiger partial charge on any atom is 0.0691 e. The van der Waals surface area contributed by atoms with E-state index in [0.717, 1.165) is 19.4 Å². The maximum atomic E-state index is 12.1. The summed E-state index contributed by atoms with van der Waals surface area (Å²) >= 11 is 0. The average molecular weight is 219 g/mol. The van der Waals surface area contributed by atoms with Crippen LogP contribution in [0.15, 0.2) is 0 Å². The Hall–Kier alpha value is 0.0700. The van der Waals surface area contributed by atoms with Crippen LogP contribution in [0.5, 0.6) is 0 Å². The van der Waals surface area contributed by atoms with Crippen LogP contribution in [0.2, 0.25) is 0 Å². The van der Waals surface area contributed by atoms with Gasteiger partial charge in [0.1, 0.15) is 0 Å². The van der Waals surface area contributed by atoms with Gasteiger partial charge in [-0.3, -0.25) is 4.21 Å². The Morgan fingerprint density at radius 1 is 1.64 bits per heavy atom. The summed E-state index contributed by atoms with van der Waals surface area (Å²) in [4.78, 5) is 0. The Morgan fingerprint density at radius 2 is 2.29 bits per heavy atom.